The molecule has 22 heavy (non-hydrogen) atoms. The number of carbonyl (C=O) groups excluding carboxylic acids is 1. The average molecular weight is 358 g/mol. The molecule has 0 unspecified atom stereocenters. The normalized spacial score (nSPS) is 10.3. The average Bonchev–Trinajstić information content (AvgIpc) is 2.49. The first-order valence-corrected chi connectivity index (χ1v) is 7.88. The van der Waals surface area contributed by atoms with Crippen molar-refractivity contribution in [2.24, 2.45) is 0 Å². The molecule has 0 heterocycles. The Bertz CT molecular complexity index is 644. The molecule has 116 valence electrons. The van der Waals surface area contributed by atoms with E-state index in [4.69, 9.17) is 34.8 Å². The third-order valence-corrected chi connectivity index (χ3v) is 3.87. The maximum absolute atomic E-state index is 11.8. The molecule has 0 aliphatic carbocycles. The van der Waals surface area contributed by atoms with Crippen molar-refractivity contribution in [1.82, 2.24) is 5.32 Å². The molecule has 0 saturated heterocycles. The van der Waals surface area contributed by atoms with Gasteiger partial charge in [0, 0.05) is 27.3 Å². The van der Waals surface area contributed by atoms with Crippen molar-refractivity contribution in [3.05, 3.63) is 63.1 Å². The zero-order valence-corrected chi connectivity index (χ0v) is 14.0. The van der Waals surface area contributed by atoms with Crippen LogP contribution in [0.5, 0.6) is 0 Å². The summed E-state index contributed by atoms with van der Waals surface area (Å²) >= 11 is 17.7. The molecule has 2 aromatic rings. The summed E-state index contributed by atoms with van der Waals surface area (Å²) in [6.07, 6.45) is 0.655. The van der Waals surface area contributed by atoms with Crippen LogP contribution < -0.4 is 10.6 Å². The van der Waals surface area contributed by atoms with Crippen LogP contribution in [0.4, 0.5) is 5.69 Å². The molecule has 0 bridgehead atoms. The van der Waals surface area contributed by atoms with E-state index >= 15 is 0 Å². The fourth-order valence-electron chi connectivity index (χ4n) is 1.87. The molecule has 0 aliphatic heterocycles. The summed E-state index contributed by atoms with van der Waals surface area (Å²) in [6.45, 7) is 0.721. The highest BCUT2D eigenvalue weighted by molar-refractivity contribution is 6.35. The minimum atomic E-state index is -0.0833. The predicted molar refractivity (Wildman–Crippen MR) is 93.1 cm³/mol. The van der Waals surface area contributed by atoms with Gasteiger partial charge in [0.05, 0.1) is 6.54 Å². The Morgan fingerprint density at radius 2 is 1.64 bits per heavy atom. The van der Waals surface area contributed by atoms with E-state index in [1.165, 1.54) is 0 Å². The first-order chi connectivity index (χ1) is 10.5. The Morgan fingerprint density at radius 1 is 0.955 bits per heavy atom. The third-order valence-electron chi connectivity index (χ3n) is 3.03. The number of carbonyl (C=O) groups is 1. The zero-order chi connectivity index (χ0) is 15.9. The van der Waals surface area contributed by atoms with Crippen LogP contribution in [-0.4, -0.2) is 19.0 Å². The summed E-state index contributed by atoms with van der Waals surface area (Å²) in [4.78, 5) is 11.8. The van der Waals surface area contributed by atoms with Crippen molar-refractivity contribution in [3.8, 4) is 0 Å². The second-order valence-corrected chi connectivity index (χ2v) is 5.98. The van der Waals surface area contributed by atoms with Crippen molar-refractivity contribution in [2.75, 3.05) is 18.4 Å². The SMILES string of the molecule is O=C(CNc1ccc(Cl)cc1)NCCc1ccc(Cl)cc1Cl. The molecule has 2 rings (SSSR count). The lowest BCUT2D eigenvalue weighted by Gasteiger charge is -2.09. The van der Waals surface area contributed by atoms with E-state index < -0.39 is 0 Å². The van der Waals surface area contributed by atoms with Gasteiger partial charge >= 0.3 is 0 Å². The first-order valence-electron chi connectivity index (χ1n) is 6.74. The van der Waals surface area contributed by atoms with Gasteiger partial charge in [-0.25, -0.2) is 0 Å². The second-order valence-electron chi connectivity index (χ2n) is 4.70. The van der Waals surface area contributed by atoms with Gasteiger partial charge in [-0.2, -0.15) is 0 Å². The molecule has 0 aromatic heterocycles. The summed E-state index contributed by atoms with van der Waals surface area (Å²) in [7, 11) is 0. The van der Waals surface area contributed by atoms with Gasteiger partial charge in [0.15, 0.2) is 0 Å². The molecule has 2 aromatic carbocycles. The van der Waals surface area contributed by atoms with Crippen LogP contribution >= 0.6 is 34.8 Å². The van der Waals surface area contributed by atoms with Gasteiger partial charge < -0.3 is 10.6 Å². The van der Waals surface area contributed by atoms with Crippen molar-refractivity contribution in [3.63, 3.8) is 0 Å². The smallest absolute Gasteiger partial charge is 0.239 e. The van der Waals surface area contributed by atoms with Gasteiger partial charge in [-0.15, -0.1) is 0 Å². The minimum absolute atomic E-state index is 0.0833. The Morgan fingerprint density at radius 3 is 2.32 bits per heavy atom. The monoisotopic (exact) mass is 356 g/mol. The Labute approximate surface area is 144 Å². The highest BCUT2D eigenvalue weighted by Gasteiger charge is 2.04. The molecule has 0 saturated carbocycles. The summed E-state index contributed by atoms with van der Waals surface area (Å²) in [5.41, 5.74) is 1.80. The van der Waals surface area contributed by atoms with E-state index in [1.54, 1.807) is 24.3 Å². The molecule has 0 radical (unpaired) electrons. The topological polar surface area (TPSA) is 41.1 Å². The first kappa shape index (κ1) is 16.9. The number of nitrogens with one attached hydrogen (secondary N) is 2. The number of rotatable bonds is 6. The molecule has 6 heteroatoms. The zero-order valence-electron chi connectivity index (χ0n) is 11.7. The van der Waals surface area contributed by atoms with E-state index in [2.05, 4.69) is 10.6 Å². The maximum Gasteiger partial charge on any atom is 0.239 e. The Hall–Kier alpha value is -1.42. The molecule has 0 fully saturated rings. The van der Waals surface area contributed by atoms with Crippen LogP contribution in [0.15, 0.2) is 42.5 Å². The van der Waals surface area contributed by atoms with Crippen molar-refractivity contribution >= 4 is 46.4 Å². The lowest BCUT2D eigenvalue weighted by atomic mass is 10.1. The van der Waals surface area contributed by atoms with E-state index in [0.29, 0.717) is 28.0 Å². The molecule has 0 aliphatic rings. The van der Waals surface area contributed by atoms with Gasteiger partial charge in [-0.3, -0.25) is 4.79 Å². The highest BCUT2D eigenvalue weighted by atomic mass is 35.5. The molecule has 2 N–H and O–H groups in total. The lowest BCUT2D eigenvalue weighted by molar-refractivity contribution is -0.119. The van der Waals surface area contributed by atoms with Gasteiger partial charge in [-0.1, -0.05) is 40.9 Å². The van der Waals surface area contributed by atoms with Crippen LogP contribution in [0, 0.1) is 0 Å². The number of hydrogen-bond donors (Lipinski definition) is 2. The quantitative estimate of drug-likeness (QED) is 0.803. The van der Waals surface area contributed by atoms with Gasteiger partial charge in [-0.05, 0) is 48.4 Å². The molecular weight excluding hydrogens is 343 g/mol. The third kappa shape index (κ3) is 5.41. The minimum Gasteiger partial charge on any atom is -0.376 e. The van der Waals surface area contributed by atoms with Crippen molar-refractivity contribution < 1.29 is 4.79 Å². The molecule has 1 amide bonds. The maximum atomic E-state index is 11.8. The standard InChI is InChI=1S/C16H15Cl3N2O/c17-12-3-5-14(6-4-12)21-10-16(22)20-8-7-11-1-2-13(18)9-15(11)19/h1-6,9,21H,7-8,10H2,(H,20,22). The number of halogens is 3. The van der Waals surface area contributed by atoms with Crippen LogP contribution in [0.25, 0.3) is 0 Å². The van der Waals surface area contributed by atoms with Gasteiger partial charge in [0.1, 0.15) is 0 Å². The second kappa shape index (κ2) is 8.28. The highest BCUT2D eigenvalue weighted by Crippen LogP contribution is 2.21. The molecule has 3 nitrogen and oxygen atoms in total. The fourth-order valence-corrected chi connectivity index (χ4v) is 2.50. The number of amides is 1. The van der Waals surface area contributed by atoms with Crippen LogP contribution in [0.3, 0.4) is 0 Å². The number of anilines is 1. The van der Waals surface area contributed by atoms with Crippen molar-refractivity contribution in [2.45, 2.75) is 6.42 Å². The van der Waals surface area contributed by atoms with Gasteiger partial charge in [0.2, 0.25) is 5.91 Å². The summed E-state index contributed by atoms with van der Waals surface area (Å²) in [5, 5.41) is 7.74. The van der Waals surface area contributed by atoms with E-state index in [1.807, 2.05) is 18.2 Å². The fraction of sp³-hybridized carbons (Fsp3) is 0.188. The summed E-state index contributed by atoms with van der Waals surface area (Å²) < 4.78 is 0. The molecular formula is C16H15Cl3N2O. The summed E-state index contributed by atoms with van der Waals surface area (Å²) in [5.74, 6) is -0.0833. The van der Waals surface area contributed by atoms with E-state index in [-0.39, 0.29) is 12.5 Å². The van der Waals surface area contributed by atoms with Crippen LogP contribution in [0.1, 0.15) is 5.56 Å². The van der Waals surface area contributed by atoms with Crippen LogP contribution in [0.2, 0.25) is 15.1 Å². The Kier molecular flexibility index (Phi) is 6.37. The number of benzene rings is 2. The summed E-state index contributed by atoms with van der Waals surface area (Å²) in [6, 6.07) is 12.5. The Balaban J connectivity index is 1.72. The number of hydrogen-bond acceptors (Lipinski definition) is 2. The lowest BCUT2D eigenvalue weighted by Crippen LogP contribution is -2.31. The van der Waals surface area contributed by atoms with E-state index in [0.717, 1.165) is 11.3 Å². The molecule has 0 atom stereocenters. The molecule has 0 spiro atoms. The van der Waals surface area contributed by atoms with Crippen molar-refractivity contribution in [1.29, 1.82) is 0 Å². The van der Waals surface area contributed by atoms with E-state index in [9.17, 15) is 4.79 Å². The largest absolute Gasteiger partial charge is 0.376 e. The van der Waals surface area contributed by atoms with Crippen LogP contribution in [-0.2, 0) is 11.2 Å². The van der Waals surface area contributed by atoms with Gasteiger partial charge in [0.25, 0.3) is 0 Å². The predicted octanol–water partition coefficient (Wildman–Crippen LogP) is 4.42.